The second-order valence-electron chi connectivity index (χ2n) is 14.7. The van der Waals surface area contributed by atoms with Gasteiger partial charge < -0.3 is 50.5 Å². The molecule has 306 valence electrons. The van der Waals surface area contributed by atoms with E-state index in [2.05, 4.69) is 43.5 Å². The quantitative estimate of drug-likeness (QED) is 0.0315. The second kappa shape index (κ2) is 31.9. The molecule has 1 aliphatic heterocycles. The highest BCUT2D eigenvalue weighted by atomic mass is 16.7. The molecular weight excluding hydrogens is 666 g/mol. The Labute approximate surface area is 314 Å². The zero-order valence-corrected chi connectivity index (χ0v) is 32.5. The molecular formula is C41H77NO10. The van der Waals surface area contributed by atoms with Crippen LogP contribution in [0.15, 0.2) is 24.3 Å². The highest BCUT2D eigenvalue weighted by molar-refractivity contribution is 5.80. The molecule has 1 heterocycles. The van der Waals surface area contributed by atoms with Gasteiger partial charge in [-0.2, -0.15) is 0 Å². The molecule has 9 unspecified atom stereocenters. The SMILES string of the molecule is CCCCCCC/C=C/CCCC(O)C(O)C(COC1OC(CO)C(O)C(O)C1O)NC(=O)C(O)CCCCCC/C=C\CCCCCCCCC. The molecule has 0 bridgehead atoms. The summed E-state index contributed by atoms with van der Waals surface area (Å²) >= 11 is 0. The van der Waals surface area contributed by atoms with Gasteiger partial charge in [0.25, 0.3) is 0 Å². The van der Waals surface area contributed by atoms with E-state index in [1.165, 1.54) is 70.6 Å². The maximum atomic E-state index is 13.0. The van der Waals surface area contributed by atoms with Crippen LogP contribution in [0.1, 0.15) is 162 Å². The van der Waals surface area contributed by atoms with Crippen molar-refractivity contribution in [3.05, 3.63) is 24.3 Å². The second-order valence-corrected chi connectivity index (χ2v) is 14.7. The number of nitrogens with one attached hydrogen (secondary N) is 1. The third kappa shape index (κ3) is 22.1. The Bertz CT molecular complexity index is 903. The zero-order chi connectivity index (χ0) is 38.4. The molecule has 1 aliphatic rings. The van der Waals surface area contributed by atoms with Crippen molar-refractivity contribution >= 4 is 5.91 Å². The van der Waals surface area contributed by atoms with Crippen LogP contribution in [0, 0.1) is 0 Å². The fourth-order valence-electron chi connectivity index (χ4n) is 6.43. The summed E-state index contributed by atoms with van der Waals surface area (Å²) in [6.07, 6.45) is 21.0. The van der Waals surface area contributed by atoms with E-state index in [4.69, 9.17) is 9.47 Å². The Kier molecular flexibility index (Phi) is 29.8. The first-order valence-electron chi connectivity index (χ1n) is 20.7. The summed E-state index contributed by atoms with van der Waals surface area (Å²) < 4.78 is 11.0. The van der Waals surface area contributed by atoms with Gasteiger partial charge >= 0.3 is 0 Å². The van der Waals surface area contributed by atoms with Crippen LogP contribution in [0.5, 0.6) is 0 Å². The molecule has 52 heavy (non-hydrogen) atoms. The fraction of sp³-hybridized carbons (Fsp3) is 0.878. The van der Waals surface area contributed by atoms with E-state index in [0.29, 0.717) is 12.8 Å². The Morgan fingerprint density at radius 1 is 0.654 bits per heavy atom. The minimum Gasteiger partial charge on any atom is -0.394 e. The Morgan fingerprint density at radius 2 is 1.13 bits per heavy atom. The smallest absolute Gasteiger partial charge is 0.249 e. The van der Waals surface area contributed by atoms with Crippen LogP contribution in [0.4, 0.5) is 0 Å². The van der Waals surface area contributed by atoms with E-state index >= 15 is 0 Å². The van der Waals surface area contributed by atoms with Crippen LogP contribution in [0.2, 0.25) is 0 Å². The molecule has 0 aliphatic carbocycles. The lowest BCUT2D eigenvalue weighted by Crippen LogP contribution is -2.60. The van der Waals surface area contributed by atoms with Gasteiger partial charge in [-0.15, -0.1) is 0 Å². The van der Waals surface area contributed by atoms with E-state index in [1.54, 1.807) is 0 Å². The largest absolute Gasteiger partial charge is 0.394 e. The summed E-state index contributed by atoms with van der Waals surface area (Å²) in [5.41, 5.74) is 0. The van der Waals surface area contributed by atoms with Gasteiger partial charge in [-0.25, -0.2) is 0 Å². The highest BCUT2D eigenvalue weighted by Gasteiger charge is 2.44. The van der Waals surface area contributed by atoms with Crippen molar-refractivity contribution in [2.45, 2.75) is 217 Å². The lowest BCUT2D eigenvalue weighted by Gasteiger charge is -2.40. The van der Waals surface area contributed by atoms with Crippen molar-refractivity contribution in [3.8, 4) is 0 Å². The summed E-state index contributed by atoms with van der Waals surface area (Å²) in [5, 5.41) is 75.2. The fourth-order valence-corrected chi connectivity index (χ4v) is 6.43. The third-order valence-corrected chi connectivity index (χ3v) is 9.98. The molecule has 8 N–H and O–H groups in total. The topological polar surface area (TPSA) is 189 Å². The normalized spacial score (nSPS) is 23.3. The molecule has 0 radical (unpaired) electrons. The summed E-state index contributed by atoms with van der Waals surface area (Å²) in [6, 6.07) is -1.18. The Hall–Kier alpha value is -1.41. The Morgan fingerprint density at radius 3 is 1.65 bits per heavy atom. The van der Waals surface area contributed by atoms with E-state index in [9.17, 15) is 40.5 Å². The minimum absolute atomic E-state index is 0.240. The predicted molar refractivity (Wildman–Crippen MR) is 205 cm³/mol. The summed E-state index contributed by atoms with van der Waals surface area (Å²) in [7, 11) is 0. The van der Waals surface area contributed by atoms with Crippen LogP contribution in [-0.4, -0.2) is 110 Å². The average molecular weight is 744 g/mol. The van der Waals surface area contributed by atoms with Crippen molar-refractivity contribution in [3.63, 3.8) is 0 Å². The molecule has 11 heteroatoms. The van der Waals surface area contributed by atoms with Gasteiger partial charge in [0.15, 0.2) is 6.29 Å². The van der Waals surface area contributed by atoms with Gasteiger partial charge in [-0.3, -0.25) is 4.79 Å². The van der Waals surface area contributed by atoms with Crippen molar-refractivity contribution in [2.24, 2.45) is 0 Å². The first kappa shape index (κ1) is 48.6. The van der Waals surface area contributed by atoms with Crippen LogP contribution in [-0.2, 0) is 14.3 Å². The number of aliphatic hydroxyl groups is 7. The molecule has 1 amide bonds. The van der Waals surface area contributed by atoms with Crippen molar-refractivity contribution < 1.29 is 50.0 Å². The predicted octanol–water partition coefficient (Wildman–Crippen LogP) is 5.49. The van der Waals surface area contributed by atoms with Crippen LogP contribution in [0.3, 0.4) is 0 Å². The van der Waals surface area contributed by atoms with Gasteiger partial charge in [-0.05, 0) is 64.2 Å². The summed E-state index contributed by atoms with van der Waals surface area (Å²) in [4.78, 5) is 13.0. The maximum absolute atomic E-state index is 13.0. The van der Waals surface area contributed by atoms with Crippen LogP contribution >= 0.6 is 0 Å². The number of allylic oxidation sites excluding steroid dienone is 4. The van der Waals surface area contributed by atoms with Gasteiger partial charge in [0, 0.05) is 0 Å². The monoisotopic (exact) mass is 744 g/mol. The van der Waals surface area contributed by atoms with Gasteiger partial charge in [-0.1, -0.05) is 122 Å². The first-order valence-corrected chi connectivity index (χ1v) is 20.7. The van der Waals surface area contributed by atoms with Crippen molar-refractivity contribution in [1.82, 2.24) is 5.32 Å². The zero-order valence-electron chi connectivity index (χ0n) is 32.5. The molecule has 0 aromatic carbocycles. The van der Waals surface area contributed by atoms with E-state index in [-0.39, 0.29) is 12.8 Å². The van der Waals surface area contributed by atoms with Gasteiger partial charge in [0.05, 0.1) is 25.4 Å². The lowest BCUT2D eigenvalue weighted by atomic mass is 9.98. The molecule has 0 saturated carbocycles. The summed E-state index contributed by atoms with van der Waals surface area (Å²) in [6.45, 7) is 3.35. The van der Waals surface area contributed by atoms with E-state index in [1.807, 2.05) is 0 Å². The number of ether oxygens (including phenoxy) is 2. The van der Waals surface area contributed by atoms with Crippen LogP contribution in [0.25, 0.3) is 0 Å². The number of rotatable bonds is 33. The van der Waals surface area contributed by atoms with Crippen molar-refractivity contribution in [1.29, 1.82) is 0 Å². The molecule has 0 spiro atoms. The number of aliphatic hydroxyl groups excluding tert-OH is 7. The van der Waals surface area contributed by atoms with Gasteiger partial charge in [0.1, 0.15) is 36.6 Å². The average Bonchev–Trinajstić information content (AvgIpc) is 3.14. The number of hydrogen-bond donors (Lipinski definition) is 8. The highest BCUT2D eigenvalue weighted by Crippen LogP contribution is 2.23. The number of carbonyl (C=O) groups excluding carboxylic acids is 1. The molecule has 11 nitrogen and oxygen atoms in total. The lowest BCUT2D eigenvalue weighted by molar-refractivity contribution is -0.303. The van der Waals surface area contributed by atoms with Crippen molar-refractivity contribution in [2.75, 3.05) is 13.2 Å². The van der Waals surface area contributed by atoms with E-state index in [0.717, 1.165) is 51.4 Å². The molecule has 1 saturated heterocycles. The molecule has 0 aromatic rings. The molecule has 1 rings (SSSR count). The number of amides is 1. The molecule has 9 atom stereocenters. The Balaban J connectivity index is 2.54. The standard InChI is InChI=1S/C41H77NO10/c1-3-5-7-9-11-13-15-16-17-18-19-21-23-25-27-29-34(45)40(50)42-32(31-51-41-39(49)38(48)37(47)35(30-43)52-41)36(46)33(44)28-26-24-22-20-14-12-10-8-6-4-2/h17-18,20,22,32-39,41,43-49H,3-16,19,21,23-31H2,1-2H3,(H,42,50)/b18-17-,22-20+. The van der Waals surface area contributed by atoms with E-state index < -0.39 is 74.2 Å². The maximum Gasteiger partial charge on any atom is 0.249 e. The van der Waals surface area contributed by atoms with Gasteiger partial charge in [0.2, 0.25) is 5.91 Å². The molecule has 1 fully saturated rings. The minimum atomic E-state index is -1.67. The number of carbonyl (C=O) groups is 1. The third-order valence-electron chi connectivity index (χ3n) is 9.98. The summed E-state index contributed by atoms with van der Waals surface area (Å²) in [5.74, 6) is -0.719. The number of unbranched alkanes of at least 4 members (excludes halogenated alkanes) is 17. The number of hydrogen-bond acceptors (Lipinski definition) is 10. The molecule has 0 aromatic heterocycles. The van der Waals surface area contributed by atoms with Crippen LogP contribution < -0.4 is 5.32 Å². The first-order chi connectivity index (χ1) is 25.2.